The topological polar surface area (TPSA) is 107 Å². The standard InChI is InChI=1S/C26H29N3O6S/c1-5-35-22-13-11-21(12-14-22)29(36(31,32)23-15-9-19(2)10-16-23)18-25(30)28-27-17-20-7-6-8-24(33-3)26(20)34-4/h6-17H,5,18H2,1-4H3,(H,28,30)/b27-17-. The van der Waals surface area contributed by atoms with E-state index in [4.69, 9.17) is 14.2 Å². The number of hydrogen-bond acceptors (Lipinski definition) is 7. The van der Waals surface area contributed by atoms with Crippen molar-refractivity contribution in [2.24, 2.45) is 5.10 Å². The van der Waals surface area contributed by atoms with Crippen LogP contribution in [0, 0.1) is 6.92 Å². The van der Waals surface area contributed by atoms with Crippen LogP contribution < -0.4 is 23.9 Å². The van der Waals surface area contributed by atoms with E-state index in [1.165, 1.54) is 32.6 Å². The summed E-state index contributed by atoms with van der Waals surface area (Å²) >= 11 is 0. The number of methoxy groups -OCH3 is 2. The normalized spacial score (nSPS) is 11.2. The Morgan fingerprint density at radius 1 is 1.00 bits per heavy atom. The van der Waals surface area contributed by atoms with Gasteiger partial charge in [-0.2, -0.15) is 5.10 Å². The molecule has 0 atom stereocenters. The maximum atomic E-state index is 13.5. The smallest absolute Gasteiger partial charge is 0.264 e. The third-order valence-corrected chi connectivity index (χ3v) is 6.95. The van der Waals surface area contributed by atoms with Crippen molar-refractivity contribution in [3.05, 3.63) is 77.9 Å². The molecule has 0 heterocycles. The van der Waals surface area contributed by atoms with Crippen LogP contribution in [-0.4, -0.2) is 47.9 Å². The molecule has 10 heteroatoms. The highest BCUT2D eigenvalue weighted by Crippen LogP contribution is 2.29. The second kappa shape index (κ2) is 12.1. The fourth-order valence-corrected chi connectivity index (χ4v) is 4.80. The Kier molecular flexibility index (Phi) is 8.91. The van der Waals surface area contributed by atoms with E-state index in [1.807, 2.05) is 13.8 Å². The third kappa shape index (κ3) is 6.33. The van der Waals surface area contributed by atoms with Crippen molar-refractivity contribution in [1.29, 1.82) is 0 Å². The molecule has 1 N–H and O–H groups in total. The number of amides is 1. The summed E-state index contributed by atoms with van der Waals surface area (Å²) in [7, 11) is -1.03. The number of para-hydroxylation sites is 1. The van der Waals surface area contributed by atoms with Gasteiger partial charge in [-0.1, -0.05) is 23.8 Å². The van der Waals surface area contributed by atoms with E-state index < -0.39 is 22.5 Å². The molecule has 190 valence electrons. The van der Waals surface area contributed by atoms with E-state index in [1.54, 1.807) is 54.6 Å². The van der Waals surface area contributed by atoms with Gasteiger partial charge in [0.25, 0.3) is 15.9 Å². The summed E-state index contributed by atoms with van der Waals surface area (Å²) < 4.78 is 44.1. The summed E-state index contributed by atoms with van der Waals surface area (Å²) in [5.74, 6) is 0.933. The number of sulfonamides is 1. The molecule has 3 rings (SSSR count). The van der Waals surface area contributed by atoms with Gasteiger partial charge in [0.1, 0.15) is 12.3 Å². The second-order valence-corrected chi connectivity index (χ2v) is 9.49. The molecule has 0 fully saturated rings. The zero-order valence-electron chi connectivity index (χ0n) is 20.6. The predicted octanol–water partition coefficient (Wildman–Crippen LogP) is 3.76. The SMILES string of the molecule is CCOc1ccc(N(CC(=O)N/N=C\c2cccc(OC)c2OC)S(=O)(=O)c2ccc(C)cc2)cc1. The summed E-state index contributed by atoms with van der Waals surface area (Å²) in [6, 6.07) is 18.2. The van der Waals surface area contributed by atoms with Crippen LogP contribution in [0.15, 0.2) is 76.7 Å². The highest BCUT2D eigenvalue weighted by atomic mass is 32.2. The van der Waals surface area contributed by atoms with Gasteiger partial charge in [-0.3, -0.25) is 9.10 Å². The van der Waals surface area contributed by atoms with E-state index in [0.717, 1.165) is 9.87 Å². The summed E-state index contributed by atoms with van der Waals surface area (Å²) in [5, 5.41) is 3.98. The number of nitrogens with one attached hydrogen (secondary N) is 1. The van der Waals surface area contributed by atoms with Crippen molar-refractivity contribution >= 4 is 27.8 Å². The average molecular weight is 512 g/mol. The molecule has 36 heavy (non-hydrogen) atoms. The molecule has 0 aromatic heterocycles. The van der Waals surface area contributed by atoms with Crippen molar-refractivity contribution in [1.82, 2.24) is 5.43 Å². The van der Waals surface area contributed by atoms with Crippen molar-refractivity contribution in [2.45, 2.75) is 18.7 Å². The van der Waals surface area contributed by atoms with Crippen molar-refractivity contribution in [2.75, 3.05) is 31.7 Å². The number of benzene rings is 3. The number of anilines is 1. The van der Waals surface area contributed by atoms with E-state index in [2.05, 4.69) is 10.5 Å². The first kappa shape index (κ1) is 26.6. The summed E-state index contributed by atoms with van der Waals surface area (Å²) in [6.45, 7) is 3.71. The van der Waals surface area contributed by atoms with Gasteiger partial charge < -0.3 is 14.2 Å². The van der Waals surface area contributed by atoms with Gasteiger partial charge in [-0.05, 0) is 62.4 Å². The highest BCUT2D eigenvalue weighted by Gasteiger charge is 2.27. The number of carbonyl (C=O) groups is 1. The van der Waals surface area contributed by atoms with Gasteiger partial charge in [0, 0.05) is 5.56 Å². The van der Waals surface area contributed by atoms with Crippen LogP contribution in [0.4, 0.5) is 5.69 Å². The fourth-order valence-electron chi connectivity index (χ4n) is 3.38. The van der Waals surface area contributed by atoms with Crippen LogP contribution in [0.3, 0.4) is 0 Å². The van der Waals surface area contributed by atoms with E-state index in [0.29, 0.717) is 35.1 Å². The van der Waals surface area contributed by atoms with Gasteiger partial charge >= 0.3 is 0 Å². The maximum Gasteiger partial charge on any atom is 0.264 e. The molecule has 0 saturated heterocycles. The van der Waals surface area contributed by atoms with Crippen LogP contribution in [-0.2, 0) is 14.8 Å². The van der Waals surface area contributed by atoms with Crippen LogP contribution >= 0.6 is 0 Å². The van der Waals surface area contributed by atoms with Crippen molar-refractivity contribution in [3.63, 3.8) is 0 Å². The first-order chi connectivity index (χ1) is 17.3. The van der Waals surface area contributed by atoms with Crippen LogP contribution in [0.25, 0.3) is 0 Å². The van der Waals surface area contributed by atoms with Crippen LogP contribution in [0.1, 0.15) is 18.1 Å². The summed E-state index contributed by atoms with van der Waals surface area (Å²) in [4.78, 5) is 12.9. The molecular weight excluding hydrogens is 482 g/mol. The fraction of sp³-hybridized carbons (Fsp3) is 0.231. The first-order valence-electron chi connectivity index (χ1n) is 11.1. The predicted molar refractivity (Wildman–Crippen MR) is 139 cm³/mol. The van der Waals surface area contributed by atoms with Gasteiger partial charge in [0.05, 0.1) is 37.6 Å². The van der Waals surface area contributed by atoms with Crippen LogP contribution in [0.5, 0.6) is 17.2 Å². The molecule has 3 aromatic carbocycles. The van der Waals surface area contributed by atoms with Crippen LogP contribution in [0.2, 0.25) is 0 Å². The third-order valence-electron chi connectivity index (χ3n) is 5.16. The highest BCUT2D eigenvalue weighted by molar-refractivity contribution is 7.92. The molecular formula is C26H29N3O6S. The number of hydrogen-bond donors (Lipinski definition) is 1. The largest absolute Gasteiger partial charge is 0.494 e. The Morgan fingerprint density at radius 3 is 2.31 bits per heavy atom. The molecule has 0 saturated carbocycles. The quantitative estimate of drug-likeness (QED) is 0.310. The number of rotatable bonds is 11. The average Bonchev–Trinajstić information content (AvgIpc) is 2.88. The lowest BCUT2D eigenvalue weighted by molar-refractivity contribution is -0.119. The van der Waals surface area contributed by atoms with Crippen molar-refractivity contribution < 1.29 is 27.4 Å². The summed E-state index contributed by atoms with van der Waals surface area (Å²) in [6.07, 6.45) is 1.40. The zero-order chi connectivity index (χ0) is 26.1. The second-order valence-electron chi connectivity index (χ2n) is 7.63. The lowest BCUT2D eigenvalue weighted by Crippen LogP contribution is -2.39. The molecule has 0 radical (unpaired) electrons. The Balaban J connectivity index is 1.85. The number of carbonyl (C=O) groups excluding carboxylic acids is 1. The molecule has 3 aromatic rings. The van der Waals surface area contributed by atoms with E-state index in [-0.39, 0.29) is 4.90 Å². The Morgan fingerprint density at radius 2 is 1.69 bits per heavy atom. The zero-order valence-corrected chi connectivity index (χ0v) is 21.4. The minimum Gasteiger partial charge on any atom is -0.494 e. The number of nitrogens with zero attached hydrogens (tertiary/aromatic N) is 2. The minimum atomic E-state index is -4.04. The first-order valence-corrected chi connectivity index (χ1v) is 12.6. The van der Waals surface area contributed by atoms with Gasteiger partial charge in [-0.25, -0.2) is 13.8 Å². The minimum absolute atomic E-state index is 0.0689. The van der Waals surface area contributed by atoms with Gasteiger partial charge in [-0.15, -0.1) is 0 Å². The maximum absolute atomic E-state index is 13.5. The summed E-state index contributed by atoms with van der Waals surface area (Å²) in [5.41, 5.74) is 4.20. The molecule has 0 unspecified atom stereocenters. The monoisotopic (exact) mass is 511 g/mol. The number of hydrazone groups is 1. The number of aryl methyl sites for hydroxylation is 1. The lowest BCUT2D eigenvalue weighted by atomic mass is 10.2. The molecule has 0 aliphatic carbocycles. The Hall–Kier alpha value is -4.05. The molecule has 0 spiro atoms. The molecule has 0 aliphatic rings. The van der Waals surface area contributed by atoms with Gasteiger partial charge in [0.2, 0.25) is 0 Å². The van der Waals surface area contributed by atoms with E-state index in [9.17, 15) is 13.2 Å². The lowest BCUT2D eigenvalue weighted by Gasteiger charge is -2.24. The molecule has 1 amide bonds. The Bertz CT molecular complexity index is 1310. The van der Waals surface area contributed by atoms with E-state index >= 15 is 0 Å². The van der Waals surface area contributed by atoms with Crippen molar-refractivity contribution in [3.8, 4) is 17.2 Å². The molecule has 9 nitrogen and oxygen atoms in total. The Labute approximate surface area is 211 Å². The molecule has 0 aliphatic heterocycles. The number of ether oxygens (including phenoxy) is 3. The molecule has 0 bridgehead atoms. The van der Waals surface area contributed by atoms with Gasteiger partial charge in [0.15, 0.2) is 11.5 Å².